The summed E-state index contributed by atoms with van der Waals surface area (Å²) in [5, 5.41) is 13.8. The van der Waals surface area contributed by atoms with Crippen LogP contribution in [0.25, 0.3) is 0 Å². The molecule has 0 spiro atoms. The van der Waals surface area contributed by atoms with E-state index in [1.54, 1.807) is 0 Å². The van der Waals surface area contributed by atoms with E-state index < -0.39 is 22.2 Å². The van der Waals surface area contributed by atoms with Crippen LogP contribution in [0.4, 0.5) is 14.5 Å². The predicted molar refractivity (Wildman–Crippen MR) is 70.2 cm³/mol. The summed E-state index contributed by atoms with van der Waals surface area (Å²) in [4.78, 5) is 9.77. The van der Waals surface area contributed by atoms with Crippen LogP contribution in [0.3, 0.4) is 0 Å². The SMILES string of the molecule is O=[N+]([O-])c1cc(CNC2CCCSC2)c(F)cc1F. The van der Waals surface area contributed by atoms with Gasteiger partial charge in [0.25, 0.3) is 0 Å². The average Bonchev–Trinajstić information content (AvgIpc) is 2.38. The molecule has 0 saturated carbocycles. The number of benzene rings is 1. The molecule has 1 aliphatic rings. The number of nitro benzene ring substituents is 1. The number of thioether (sulfide) groups is 1. The number of rotatable bonds is 4. The molecule has 4 nitrogen and oxygen atoms in total. The first-order valence-corrected chi connectivity index (χ1v) is 7.17. The van der Waals surface area contributed by atoms with Crippen molar-refractivity contribution in [3.63, 3.8) is 0 Å². The molecule has 2 rings (SSSR count). The molecule has 1 fully saturated rings. The zero-order valence-electron chi connectivity index (χ0n) is 10.2. The third kappa shape index (κ3) is 3.63. The second-order valence-corrected chi connectivity index (χ2v) is 5.60. The lowest BCUT2D eigenvalue weighted by Crippen LogP contribution is -2.33. The fourth-order valence-electron chi connectivity index (χ4n) is 2.01. The highest BCUT2D eigenvalue weighted by atomic mass is 32.2. The van der Waals surface area contributed by atoms with E-state index in [1.165, 1.54) is 0 Å². The molecule has 19 heavy (non-hydrogen) atoms. The smallest absolute Gasteiger partial charge is 0.305 e. The van der Waals surface area contributed by atoms with Crippen molar-refractivity contribution in [3.8, 4) is 0 Å². The lowest BCUT2D eigenvalue weighted by molar-refractivity contribution is -0.387. The number of halogens is 2. The minimum Gasteiger partial charge on any atom is -0.309 e. The maximum Gasteiger partial charge on any atom is 0.305 e. The van der Waals surface area contributed by atoms with Crippen LogP contribution in [0.5, 0.6) is 0 Å². The molecular weight excluding hydrogens is 274 g/mol. The fourth-order valence-corrected chi connectivity index (χ4v) is 3.12. The molecule has 7 heteroatoms. The Morgan fingerprint density at radius 3 is 2.84 bits per heavy atom. The molecule has 104 valence electrons. The molecule has 1 aliphatic heterocycles. The lowest BCUT2D eigenvalue weighted by Gasteiger charge is -2.22. The van der Waals surface area contributed by atoms with Gasteiger partial charge in [-0.05, 0) is 18.6 Å². The van der Waals surface area contributed by atoms with Gasteiger partial charge in [-0.2, -0.15) is 16.2 Å². The largest absolute Gasteiger partial charge is 0.309 e. The van der Waals surface area contributed by atoms with Crippen LogP contribution in [-0.2, 0) is 6.54 Å². The Morgan fingerprint density at radius 1 is 1.42 bits per heavy atom. The number of nitrogens with one attached hydrogen (secondary N) is 1. The van der Waals surface area contributed by atoms with Crippen molar-refractivity contribution in [2.24, 2.45) is 0 Å². The van der Waals surface area contributed by atoms with E-state index in [9.17, 15) is 18.9 Å². The molecule has 1 unspecified atom stereocenters. The first-order chi connectivity index (χ1) is 9.08. The molecule has 1 saturated heterocycles. The van der Waals surface area contributed by atoms with Crippen molar-refractivity contribution >= 4 is 17.4 Å². The summed E-state index contributed by atoms with van der Waals surface area (Å²) in [6.07, 6.45) is 2.12. The third-order valence-corrected chi connectivity index (χ3v) is 4.27. The summed E-state index contributed by atoms with van der Waals surface area (Å²) in [5.41, 5.74) is -0.556. The van der Waals surface area contributed by atoms with Crippen LogP contribution in [0.2, 0.25) is 0 Å². The number of nitrogens with zero attached hydrogens (tertiary/aromatic N) is 1. The Kier molecular flexibility index (Phi) is 4.71. The minimum absolute atomic E-state index is 0.128. The van der Waals surface area contributed by atoms with Crippen LogP contribution in [0.1, 0.15) is 18.4 Å². The van der Waals surface area contributed by atoms with Crippen molar-refractivity contribution in [3.05, 3.63) is 39.4 Å². The Bertz CT molecular complexity index is 479. The highest BCUT2D eigenvalue weighted by molar-refractivity contribution is 7.99. The highest BCUT2D eigenvalue weighted by Gasteiger charge is 2.19. The first-order valence-electron chi connectivity index (χ1n) is 6.01. The normalized spacial score (nSPS) is 19.4. The van der Waals surface area contributed by atoms with Crippen LogP contribution in [0, 0.1) is 21.7 Å². The molecule has 1 atom stereocenters. The van der Waals surface area contributed by atoms with Crippen molar-refractivity contribution in [2.45, 2.75) is 25.4 Å². The van der Waals surface area contributed by atoms with E-state index >= 15 is 0 Å². The van der Waals surface area contributed by atoms with Crippen molar-refractivity contribution in [1.29, 1.82) is 0 Å². The molecule has 0 radical (unpaired) electrons. The second-order valence-electron chi connectivity index (χ2n) is 4.45. The fraction of sp³-hybridized carbons (Fsp3) is 0.500. The lowest BCUT2D eigenvalue weighted by atomic mass is 10.1. The van der Waals surface area contributed by atoms with Crippen LogP contribution in [-0.4, -0.2) is 22.5 Å². The Morgan fingerprint density at radius 2 is 2.21 bits per heavy atom. The van der Waals surface area contributed by atoms with E-state index in [0.29, 0.717) is 6.07 Å². The van der Waals surface area contributed by atoms with Gasteiger partial charge in [-0.1, -0.05) is 0 Å². The summed E-state index contributed by atoms with van der Waals surface area (Å²) in [6.45, 7) is 0.179. The Hall–Kier alpha value is -1.21. The van der Waals surface area contributed by atoms with E-state index in [2.05, 4.69) is 5.32 Å². The summed E-state index contributed by atoms with van der Waals surface area (Å²) in [5.74, 6) is 0.193. The van der Waals surface area contributed by atoms with E-state index in [0.717, 1.165) is 30.4 Å². The molecule has 0 amide bonds. The molecular formula is C12H14F2N2O2S. The summed E-state index contributed by atoms with van der Waals surface area (Å²) in [7, 11) is 0. The van der Waals surface area contributed by atoms with Crippen molar-refractivity contribution in [1.82, 2.24) is 5.32 Å². The van der Waals surface area contributed by atoms with Gasteiger partial charge in [-0.15, -0.1) is 0 Å². The maximum absolute atomic E-state index is 13.5. The molecule has 1 aromatic rings. The van der Waals surface area contributed by atoms with Gasteiger partial charge < -0.3 is 5.32 Å². The van der Waals surface area contributed by atoms with Crippen molar-refractivity contribution in [2.75, 3.05) is 11.5 Å². The van der Waals surface area contributed by atoms with Gasteiger partial charge in [0.1, 0.15) is 5.82 Å². The van der Waals surface area contributed by atoms with Crippen LogP contribution < -0.4 is 5.32 Å². The zero-order valence-corrected chi connectivity index (χ0v) is 11.0. The molecule has 1 heterocycles. The Balaban J connectivity index is 2.06. The van der Waals surface area contributed by atoms with Gasteiger partial charge in [-0.25, -0.2) is 4.39 Å². The molecule has 0 bridgehead atoms. The molecule has 0 aromatic heterocycles. The second kappa shape index (κ2) is 6.29. The van der Waals surface area contributed by atoms with E-state index in [-0.39, 0.29) is 18.2 Å². The van der Waals surface area contributed by atoms with Crippen molar-refractivity contribution < 1.29 is 13.7 Å². The zero-order chi connectivity index (χ0) is 13.8. The standard InChI is InChI=1S/C12H14F2N2O2S/c13-10-5-11(14)12(16(17)18)4-8(10)6-15-9-2-1-3-19-7-9/h4-5,9,15H,1-3,6-7H2. The van der Waals surface area contributed by atoms with E-state index in [4.69, 9.17) is 0 Å². The first kappa shape index (κ1) is 14.2. The van der Waals surface area contributed by atoms with Gasteiger partial charge in [0.2, 0.25) is 5.82 Å². The maximum atomic E-state index is 13.5. The van der Waals surface area contributed by atoms with Gasteiger partial charge in [0.15, 0.2) is 0 Å². The highest BCUT2D eigenvalue weighted by Crippen LogP contribution is 2.22. The van der Waals surface area contributed by atoms with Gasteiger partial charge in [0.05, 0.1) is 4.92 Å². The summed E-state index contributed by atoms with van der Waals surface area (Å²) in [6, 6.07) is 1.82. The van der Waals surface area contributed by atoms with Gasteiger partial charge >= 0.3 is 5.69 Å². The average molecular weight is 288 g/mol. The topological polar surface area (TPSA) is 55.2 Å². The number of hydrogen-bond acceptors (Lipinski definition) is 4. The molecule has 1 N–H and O–H groups in total. The van der Waals surface area contributed by atoms with Crippen LogP contribution >= 0.6 is 11.8 Å². The van der Waals surface area contributed by atoms with Crippen LogP contribution in [0.15, 0.2) is 12.1 Å². The Labute approximate surface area is 113 Å². The summed E-state index contributed by atoms with van der Waals surface area (Å²) >= 11 is 1.83. The predicted octanol–water partition coefficient (Wildman–Crippen LogP) is 2.86. The van der Waals surface area contributed by atoms with Gasteiger partial charge in [-0.3, -0.25) is 10.1 Å². The van der Waals surface area contributed by atoms with E-state index in [1.807, 2.05) is 11.8 Å². The quantitative estimate of drug-likeness (QED) is 0.683. The minimum atomic E-state index is -1.14. The number of nitro groups is 1. The summed E-state index contributed by atoms with van der Waals surface area (Å²) < 4.78 is 26.7. The monoisotopic (exact) mass is 288 g/mol. The molecule has 0 aliphatic carbocycles. The van der Waals surface area contributed by atoms with Gasteiger partial charge in [0, 0.05) is 36.0 Å². The number of hydrogen-bond donors (Lipinski definition) is 1. The molecule has 1 aromatic carbocycles. The third-order valence-electron chi connectivity index (χ3n) is 3.05.